The minimum absolute atomic E-state index is 0.1000. The van der Waals surface area contributed by atoms with Gasteiger partial charge in [-0.05, 0) is 26.0 Å². The molecule has 0 fully saturated rings. The predicted octanol–water partition coefficient (Wildman–Crippen LogP) is -0.319. The summed E-state index contributed by atoms with van der Waals surface area (Å²) in [5.41, 5.74) is 4.72. The van der Waals surface area contributed by atoms with Crippen molar-refractivity contribution in [3.63, 3.8) is 0 Å². The summed E-state index contributed by atoms with van der Waals surface area (Å²) in [7, 11) is 0. The molecule has 92 valence electrons. The van der Waals surface area contributed by atoms with Crippen LogP contribution in [0.4, 0.5) is 0 Å². The van der Waals surface area contributed by atoms with E-state index in [9.17, 15) is 9.59 Å². The number of primary amides is 1. The van der Waals surface area contributed by atoms with Gasteiger partial charge in [0.05, 0.1) is 17.7 Å². The fourth-order valence-electron chi connectivity index (χ4n) is 1.09. The van der Waals surface area contributed by atoms with Crippen LogP contribution in [0, 0.1) is 0 Å². The molecule has 6 nitrogen and oxygen atoms in total. The van der Waals surface area contributed by atoms with Gasteiger partial charge in [0.25, 0.3) is 11.8 Å². The maximum atomic E-state index is 11.7. The molecule has 1 rings (SSSR count). The van der Waals surface area contributed by atoms with Crippen molar-refractivity contribution < 1.29 is 14.7 Å². The number of amides is 2. The molecule has 1 aromatic rings. The molecule has 0 saturated carbocycles. The van der Waals surface area contributed by atoms with Crippen molar-refractivity contribution in [3.8, 4) is 0 Å². The predicted molar refractivity (Wildman–Crippen MR) is 61.4 cm³/mol. The van der Waals surface area contributed by atoms with Crippen LogP contribution in [-0.2, 0) is 0 Å². The Kier molecular flexibility index (Phi) is 3.80. The first-order chi connectivity index (χ1) is 7.85. The molecule has 0 aliphatic carbocycles. The Balaban J connectivity index is 2.80. The van der Waals surface area contributed by atoms with Crippen molar-refractivity contribution >= 4 is 11.8 Å². The fraction of sp³-hybridized carbons (Fsp3) is 0.364. The molecule has 0 aliphatic rings. The number of rotatable bonds is 4. The van der Waals surface area contributed by atoms with Gasteiger partial charge in [-0.1, -0.05) is 0 Å². The topological polar surface area (TPSA) is 105 Å². The summed E-state index contributed by atoms with van der Waals surface area (Å²) in [6, 6.07) is 2.83. The molecule has 0 radical (unpaired) electrons. The van der Waals surface area contributed by atoms with Crippen molar-refractivity contribution in [3.05, 3.63) is 29.6 Å². The largest absolute Gasteiger partial charge is 0.394 e. The average Bonchev–Trinajstić information content (AvgIpc) is 2.28. The maximum Gasteiger partial charge on any atom is 0.267 e. The number of aliphatic hydroxyl groups is 1. The number of carbonyl (C=O) groups excluding carboxylic acids is 2. The molecule has 0 saturated heterocycles. The highest BCUT2D eigenvalue weighted by Crippen LogP contribution is 2.05. The van der Waals surface area contributed by atoms with E-state index in [0.29, 0.717) is 5.56 Å². The summed E-state index contributed by atoms with van der Waals surface area (Å²) in [6.45, 7) is 3.21. The first-order valence-corrected chi connectivity index (χ1v) is 5.05. The number of carbonyl (C=O) groups is 2. The first-order valence-electron chi connectivity index (χ1n) is 5.05. The molecule has 0 unspecified atom stereocenters. The van der Waals surface area contributed by atoms with Gasteiger partial charge in [-0.3, -0.25) is 14.6 Å². The minimum atomic E-state index is -0.709. The summed E-state index contributed by atoms with van der Waals surface area (Å²) in [6.07, 6.45) is 1.27. The Morgan fingerprint density at radius 2 is 2.12 bits per heavy atom. The molecule has 17 heavy (non-hydrogen) atoms. The van der Waals surface area contributed by atoms with Crippen LogP contribution in [-0.4, -0.2) is 34.1 Å². The van der Waals surface area contributed by atoms with E-state index in [4.69, 9.17) is 10.8 Å². The smallest absolute Gasteiger partial charge is 0.267 e. The Morgan fingerprint density at radius 3 is 2.53 bits per heavy atom. The lowest BCUT2D eigenvalue weighted by atomic mass is 10.1. The zero-order chi connectivity index (χ0) is 13.1. The number of nitrogens with one attached hydrogen (secondary N) is 1. The van der Waals surface area contributed by atoms with Gasteiger partial charge in [0.15, 0.2) is 0 Å². The summed E-state index contributed by atoms with van der Waals surface area (Å²) in [5, 5.41) is 11.6. The summed E-state index contributed by atoms with van der Waals surface area (Å²) in [4.78, 5) is 26.3. The van der Waals surface area contributed by atoms with E-state index >= 15 is 0 Å². The van der Waals surface area contributed by atoms with Gasteiger partial charge in [0, 0.05) is 6.20 Å². The normalized spacial score (nSPS) is 11.0. The number of hydrogen-bond acceptors (Lipinski definition) is 4. The number of aliphatic hydroxyl groups excluding tert-OH is 1. The molecule has 1 heterocycles. The van der Waals surface area contributed by atoms with Gasteiger partial charge in [0.1, 0.15) is 5.69 Å². The molecule has 1 aromatic heterocycles. The lowest BCUT2D eigenvalue weighted by Crippen LogP contribution is -2.46. The van der Waals surface area contributed by atoms with Crippen molar-refractivity contribution in [2.24, 2.45) is 5.73 Å². The lowest BCUT2D eigenvalue weighted by Gasteiger charge is -2.23. The number of nitrogens with two attached hydrogens (primary N) is 1. The fourth-order valence-corrected chi connectivity index (χ4v) is 1.09. The highest BCUT2D eigenvalue weighted by atomic mass is 16.3. The molecule has 0 atom stereocenters. The van der Waals surface area contributed by atoms with Crippen molar-refractivity contribution in [2.45, 2.75) is 19.4 Å². The van der Waals surface area contributed by atoms with E-state index in [1.54, 1.807) is 13.8 Å². The quantitative estimate of drug-likeness (QED) is 0.667. The Hall–Kier alpha value is -1.95. The van der Waals surface area contributed by atoms with Crippen molar-refractivity contribution in [1.29, 1.82) is 0 Å². The van der Waals surface area contributed by atoms with E-state index < -0.39 is 11.4 Å². The second-order valence-electron chi connectivity index (χ2n) is 4.29. The Labute approximate surface area is 98.8 Å². The zero-order valence-electron chi connectivity index (χ0n) is 9.73. The Morgan fingerprint density at radius 1 is 1.47 bits per heavy atom. The number of hydrogen-bond donors (Lipinski definition) is 3. The third-order valence-electron chi connectivity index (χ3n) is 2.13. The van der Waals surface area contributed by atoms with Gasteiger partial charge in [-0.2, -0.15) is 0 Å². The summed E-state index contributed by atoms with van der Waals surface area (Å²) < 4.78 is 0. The third kappa shape index (κ3) is 3.53. The monoisotopic (exact) mass is 237 g/mol. The molecule has 0 aliphatic heterocycles. The minimum Gasteiger partial charge on any atom is -0.394 e. The molecule has 0 bridgehead atoms. The number of pyridine rings is 1. The van der Waals surface area contributed by atoms with Gasteiger partial charge >= 0.3 is 0 Å². The summed E-state index contributed by atoms with van der Waals surface area (Å²) >= 11 is 0. The molecule has 0 aromatic carbocycles. The van der Waals surface area contributed by atoms with Crippen LogP contribution in [0.3, 0.4) is 0 Å². The van der Waals surface area contributed by atoms with E-state index in [-0.39, 0.29) is 18.2 Å². The zero-order valence-corrected chi connectivity index (χ0v) is 9.73. The average molecular weight is 237 g/mol. The summed E-state index contributed by atoms with van der Waals surface area (Å²) in [5.74, 6) is -1.01. The standard InChI is InChI=1S/C11H15N3O3/c1-11(2,6-15)14-10(17)7-3-4-8(9(12)16)13-5-7/h3-5,15H,6H2,1-2H3,(H2,12,16)(H,14,17). The molecular weight excluding hydrogens is 222 g/mol. The van der Waals surface area contributed by atoms with Crippen LogP contribution < -0.4 is 11.1 Å². The second kappa shape index (κ2) is 4.92. The van der Waals surface area contributed by atoms with E-state index in [0.717, 1.165) is 0 Å². The number of nitrogens with zero attached hydrogens (tertiary/aromatic N) is 1. The third-order valence-corrected chi connectivity index (χ3v) is 2.13. The van der Waals surface area contributed by atoms with Gasteiger partial charge in [-0.25, -0.2) is 0 Å². The maximum absolute atomic E-state index is 11.7. The van der Waals surface area contributed by atoms with Crippen molar-refractivity contribution in [2.75, 3.05) is 6.61 Å². The first kappa shape index (κ1) is 13.1. The van der Waals surface area contributed by atoms with Gasteiger partial charge in [-0.15, -0.1) is 0 Å². The van der Waals surface area contributed by atoms with E-state index in [1.165, 1.54) is 18.3 Å². The molecule has 6 heteroatoms. The molecule has 0 spiro atoms. The highest BCUT2D eigenvalue weighted by molar-refractivity contribution is 5.96. The van der Waals surface area contributed by atoms with Crippen LogP contribution in [0.1, 0.15) is 34.7 Å². The Bertz CT molecular complexity index is 426. The van der Waals surface area contributed by atoms with Crippen LogP contribution in [0.2, 0.25) is 0 Å². The van der Waals surface area contributed by atoms with Crippen molar-refractivity contribution in [1.82, 2.24) is 10.3 Å². The van der Waals surface area contributed by atoms with Crippen LogP contribution in [0.5, 0.6) is 0 Å². The van der Waals surface area contributed by atoms with Gasteiger partial charge in [0.2, 0.25) is 0 Å². The SMILES string of the molecule is CC(C)(CO)NC(=O)c1ccc(C(N)=O)nc1. The van der Waals surface area contributed by atoms with E-state index in [2.05, 4.69) is 10.3 Å². The molecule has 2 amide bonds. The second-order valence-corrected chi connectivity index (χ2v) is 4.29. The van der Waals surface area contributed by atoms with Gasteiger partial charge < -0.3 is 16.2 Å². The van der Waals surface area contributed by atoms with Crippen LogP contribution in [0.25, 0.3) is 0 Å². The number of aromatic nitrogens is 1. The lowest BCUT2D eigenvalue weighted by molar-refractivity contribution is 0.0867. The molecular formula is C11H15N3O3. The van der Waals surface area contributed by atoms with Crippen LogP contribution >= 0.6 is 0 Å². The van der Waals surface area contributed by atoms with E-state index in [1.807, 2.05) is 0 Å². The van der Waals surface area contributed by atoms with Crippen LogP contribution in [0.15, 0.2) is 18.3 Å². The molecule has 4 N–H and O–H groups in total. The highest BCUT2D eigenvalue weighted by Gasteiger charge is 2.20.